The first-order chi connectivity index (χ1) is 10.3. The molecule has 0 spiro atoms. The van der Waals surface area contributed by atoms with Gasteiger partial charge < -0.3 is 0 Å². The monoisotopic (exact) mass is 335 g/mol. The Bertz CT molecular complexity index is 565. The Hall–Kier alpha value is -1.02. The summed E-state index contributed by atoms with van der Waals surface area (Å²) in [5.74, 6) is 0. The molecule has 1 nitrogen and oxygen atoms in total. The van der Waals surface area contributed by atoms with Crippen molar-refractivity contribution in [3.8, 4) is 0 Å². The Labute approximate surface area is 144 Å². The Morgan fingerprint density at radius 3 is 2.18 bits per heavy atom. The van der Waals surface area contributed by atoms with Crippen LogP contribution < -0.4 is 0 Å². The molecule has 1 fully saturated rings. The van der Waals surface area contributed by atoms with E-state index in [9.17, 15) is 0 Å². The molecule has 0 amide bonds. The third kappa shape index (κ3) is 4.25. The van der Waals surface area contributed by atoms with Crippen LogP contribution in [0.4, 0.5) is 0 Å². The Kier molecular flexibility index (Phi) is 6.75. The van der Waals surface area contributed by atoms with E-state index in [1.165, 1.54) is 43.5 Å². The summed E-state index contributed by atoms with van der Waals surface area (Å²) < 4.78 is 0. The quantitative estimate of drug-likeness (QED) is 0.709. The highest BCUT2D eigenvalue weighted by atomic mass is 35.5. The molecule has 1 saturated heterocycles. The lowest BCUT2D eigenvalue weighted by Gasteiger charge is -2.35. The summed E-state index contributed by atoms with van der Waals surface area (Å²) in [7, 11) is 0. The first-order valence-corrected chi connectivity index (χ1v) is 8.25. The van der Waals surface area contributed by atoms with Crippen molar-refractivity contribution >= 4 is 24.0 Å². The molecule has 1 aliphatic heterocycles. The summed E-state index contributed by atoms with van der Waals surface area (Å²) in [6.45, 7) is 2.40. The maximum absolute atomic E-state index is 6.38. The van der Waals surface area contributed by atoms with Gasteiger partial charge in [-0.25, -0.2) is 0 Å². The highest BCUT2D eigenvalue weighted by molar-refractivity contribution is 6.31. The summed E-state index contributed by atoms with van der Waals surface area (Å²) in [6, 6.07) is 19.5. The molecule has 2 aromatic carbocycles. The van der Waals surface area contributed by atoms with E-state index in [0.29, 0.717) is 6.04 Å². The van der Waals surface area contributed by atoms with Gasteiger partial charge in [-0.15, -0.1) is 12.4 Å². The maximum atomic E-state index is 6.38. The second kappa shape index (κ2) is 8.57. The highest BCUT2D eigenvalue weighted by Gasteiger charge is 2.23. The van der Waals surface area contributed by atoms with Gasteiger partial charge in [0, 0.05) is 11.1 Å². The summed E-state index contributed by atoms with van der Waals surface area (Å²) >= 11 is 6.38. The van der Waals surface area contributed by atoms with Gasteiger partial charge >= 0.3 is 0 Å². The van der Waals surface area contributed by atoms with Crippen molar-refractivity contribution < 1.29 is 0 Å². The summed E-state index contributed by atoms with van der Waals surface area (Å²) in [5.41, 5.74) is 2.65. The lowest BCUT2D eigenvalue weighted by molar-refractivity contribution is 0.162. The molecule has 1 unspecified atom stereocenters. The Morgan fingerprint density at radius 1 is 0.864 bits per heavy atom. The van der Waals surface area contributed by atoms with Crippen LogP contribution in [-0.2, 0) is 6.42 Å². The van der Waals surface area contributed by atoms with E-state index in [4.69, 9.17) is 11.6 Å². The average Bonchev–Trinajstić information content (AvgIpc) is 2.56. The van der Waals surface area contributed by atoms with Crippen LogP contribution in [0.5, 0.6) is 0 Å². The molecule has 0 bridgehead atoms. The van der Waals surface area contributed by atoms with Gasteiger partial charge in [0.15, 0.2) is 0 Å². The standard InChI is InChI=1S/C19H22ClN.ClH/c20-18-12-6-5-11-17(18)15-19(16-9-3-1-4-10-16)21-13-7-2-8-14-21;/h1,3-6,9-12,19H,2,7-8,13-15H2;1H. The average molecular weight is 336 g/mol. The van der Waals surface area contributed by atoms with Gasteiger partial charge in [-0.1, -0.05) is 66.6 Å². The summed E-state index contributed by atoms with van der Waals surface area (Å²) in [4.78, 5) is 2.63. The fourth-order valence-corrected chi connectivity index (χ4v) is 3.45. The smallest absolute Gasteiger partial charge is 0.0438 e. The molecule has 3 rings (SSSR count). The molecular formula is C19H23Cl2N. The van der Waals surface area contributed by atoms with Crippen molar-refractivity contribution in [2.24, 2.45) is 0 Å². The molecule has 1 aliphatic rings. The van der Waals surface area contributed by atoms with Crippen molar-refractivity contribution in [2.45, 2.75) is 31.7 Å². The summed E-state index contributed by atoms with van der Waals surface area (Å²) in [5, 5.41) is 0.885. The van der Waals surface area contributed by atoms with Gasteiger partial charge in [-0.2, -0.15) is 0 Å². The SMILES string of the molecule is Cl.Clc1ccccc1CC(c1ccccc1)N1CCCCC1. The molecule has 118 valence electrons. The third-order valence-electron chi connectivity index (χ3n) is 4.39. The van der Waals surface area contributed by atoms with E-state index in [0.717, 1.165) is 11.4 Å². The fraction of sp³-hybridized carbons (Fsp3) is 0.368. The molecule has 2 aromatic rings. The van der Waals surface area contributed by atoms with Gasteiger partial charge in [0.1, 0.15) is 0 Å². The molecule has 3 heteroatoms. The van der Waals surface area contributed by atoms with Gasteiger partial charge in [0.2, 0.25) is 0 Å². The normalized spacial score (nSPS) is 16.8. The molecule has 1 heterocycles. The van der Waals surface area contributed by atoms with Gasteiger partial charge in [0.25, 0.3) is 0 Å². The number of hydrogen-bond donors (Lipinski definition) is 0. The minimum absolute atomic E-state index is 0. The third-order valence-corrected chi connectivity index (χ3v) is 4.76. The van der Waals surface area contributed by atoms with E-state index in [-0.39, 0.29) is 12.4 Å². The van der Waals surface area contributed by atoms with Crippen LogP contribution in [-0.4, -0.2) is 18.0 Å². The highest BCUT2D eigenvalue weighted by Crippen LogP contribution is 2.30. The van der Waals surface area contributed by atoms with Gasteiger partial charge in [-0.3, -0.25) is 4.90 Å². The van der Waals surface area contributed by atoms with Crippen molar-refractivity contribution in [3.63, 3.8) is 0 Å². The minimum Gasteiger partial charge on any atom is -0.296 e. The van der Waals surface area contributed by atoms with Gasteiger partial charge in [-0.05, 0) is 49.5 Å². The van der Waals surface area contributed by atoms with Crippen LogP contribution in [0.1, 0.15) is 36.4 Å². The molecule has 0 aliphatic carbocycles. The summed E-state index contributed by atoms with van der Waals surface area (Å²) in [6.07, 6.45) is 4.98. The molecule has 0 aromatic heterocycles. The molecule has 0 radical (unpaired) electrons. The van der Waals surface area contributed by atoms with Crippen molar-refractivity contribution in [1.29, 1.82) is 0 Å². The Balaban J connectivity index is 0.00000176. The first kappa shape index (κ1) is 17.3. The first-order valence-electron chi connectivity index (χ1n) is 7.87. The lowest BCUT2D eigenvalue weighted by atomic mass is 9.95. The van der Waals surface area contributed by atoms with E-state index < -0.39 is 0 Å². The van der Waals surface area contributed by atoms with Crippen LogP contribution >= 0.6 is 24.0 Å². The van der Waals surface area contributed by atoms with Gasteiger partial charge in [0.05, 0.1) is 0 Å². The number of piperidine rings is 1. The molecule has 0 N–H and O–H groups in total. The molecule has 1 atom stereocenters. The predicted octanol–water partition coefficient (Wildman–Crippen LogP) is 5.53. The van der Waals surface area contributed by atoms with Crippen molar-refractivity contribution in [3.05, 3.63) is 70.7 Å². The predicted molar refractivity (Wildman–Crippen MR) is 97.0 cm³/mol. The van der Waals surface area contributed by atoms with Crippen molar-refractivity contribution in [1.82, 2.24) is 4.90 Å². The number of nitrogens with zero attached hydrogens (tertiary/aromatic N) is 1. The van der Waals surface area contributed by atoms with Crippen LogP contribution in [0, 0.1) is 0 Å². The number of benzene rings is 2. The second-order valence-corrected chi connectivity index (χ2v) is 6.23. The lowest BCUT2D eigenvalue weighted by Crippen LogP contribution is -2.34. The van der Waals surface area contributed by atoms with Crippen LogP contribution in [0.2, 0.25) is 5.02 Å². The molecule has 22 heavy (non-hydrogen) atoms. The van der Waals surface area contributed by atoms with E-state index in [1.54, 1.807) is 0 Å². The van der Waals surface area contributed by atoms with E-state index in [2.05, 4.69) is 47.4 Å². The number of likely N-dealkylation sites (tertiary alicyclic amines) is 1. The largest absolute Gasteiger partial charge is 0.296 e. The van der Waals surface area contributed by atoms with Crippen LogP contribution in [0.25, 0.3) is 0 Å². The zero-order chi connectivity index (χ0) is 14.5. The zero-order valence-electron chi connectivity index (χ0n) is 12.7. The van der Waals surface area contributed by atoms with Crippen LogP contribution in [0.15, 0.2) is 54.6 Å². The topological polar surface area (TPSA) is 3.24 Å². The zero-order valence-corrected chi connectivity index (χ0v) is 14.3. The second-order valence-electron chi connectivity index (χ2n) is 5.82. The Morgan fingerprint density at radius 2 is 1.50 bits per heavy atom. The minimum atomic E-state index is 0. The maximum Gasteiger partial charge on any atom is 0.0438 e. The van der Waals surface area contributed by atoms with Crippen LogP contribution in [0.3, 0.4) is 0 Å². The number of rotatable bonds is 4. The number of hydrogen-bond acceptors (Lipinski definition) is 1. The molecule has 0 saturated carbocycles. The van der Waals surface area contributed by atoms with Crippen molar-refractivity contribution in [2.75, 3.05) is 13.1 Å². The van der Waals surface area contributed by atoms with E-state index in [1.807, 2.05) is 12.1 Å². The fourth-order valence-electron chi connectivity index (χ4n) is 3.24. The number of halogens is 2. The molecular weight excluding hydrogens is 313 g/mol. The van der Waals surface area contributed by atoms with E-state index >= 15 is 0 Å².